The summed E-state index contributed by atoms with van der Waals surface area (Å²) in [5.41, 5.74) is 0. The first-order chi connectivity index (χ1) is 3.93. The van der Waals surface area contributed by atoms with E-state index in [1.165, 1.54) is 0 Å². The van der Waals surface area contributed by atoms with Gasteiger partial charge in [0.1, 0.15) is 0 Å². The van der Waals surface area contributed by atoms with Crippen LogP contribution in [-0.4, -0.2) is 30.2 Å². The fraction of sp³-hybridized carbons (Fsp3) is 0.143. The Morgan fingerprint density at radius 2 is 1.58 bits per heavy atom. The predicted molar refractivity (Wildman–Crippen MR) is 37.6 cm³/mol. The second-order valence-corrected chi connectivity index (χ2v) is 1.44. The molecule has 0 fully saturated rings. The van der Waals surface area contributed by atoms with Crippen molar-refractivity contribution in [2.75, 3.05) is 7.11 Å². The molecule has 0 aromatic heterocycles. The Bertz CT molecular complexity index is 163. The molecule has 12 heavy (non-hydrogen) atoms. The molecule has 0 saturated carbocycles. The molecule has 1 rings (SSSR count). The molecule has 0 radical (unpaired) electrons. The maximum Gasteiger partial charge on any atom is 2.00 e. The van der Waals surface area contributed by atoms with Crippen molar-refractivity contribution in [3.8, 4) is 5.75 Å². The third-order valence-corrected chi connectivity index (χ3v) is 0.923. The van der Waals surface area contributed by atoms with Crippen molar-refractivity contribution in [2.45, 2.75) is 0 Å². The van der Waals surface area contributed by atoms with E-state index in [1.807, 2.05) is 24.3 Å². The quantitative estimate of drug-likeness (QED) is 0.363. The molecule has 0 aliphatic rings. The van der Waals surface area contributed by atoms with Crippen molar-refractivity contribution in [3.63, 3.8) is 0 Å². The maximum atomic E-state index is 4.89. The van der Waals surface area contributed by atoms with Crippen LogP contribution in [-0.2, 0) is 17.1 Å². The summed E-state index contributed by atoms with van der Waals surface area (Å²) in [6.07, 6.45) is 0. The van der Waals surface area contributed by atoms with Crippen molar-refractivity contribution in [3.05, 3.63) is 30.3 Å². The molecule has 0 amide bonds. The smallest absolute Gasteiger partial charge is 1.00 e. The van der Waals surface area contributed by atoms with Crippen LogP contribution in [0, 0.1) is 6.07 Å². The van der Waals surface area contributed by atoms with Gasteiger partial charge < -0.3 is 38.7 Å². The van der Waals surface area contributed by atoms with E-state index in [2.05, 4.69) is 6.07 Å². The van der Waals surface area contributed by atoms with Gasteiger partial charge in [-0.15, -0.1) is 12.1 Å². The van der Waals surface area contributed by atoms with Gasteiger partial charge in [-0.05, 0) is 0 Å². The van der Waals surface area contributed by atoms with Gasteiger partial charge in [0.25, 0.3) is 0 Å². The normalized spacial score (nSPS) is 5.75. The molecule has 1 aromatic rings. The van der Waals surface area contributed by atoms with Crippen molar-refractivity contribution in [1.29, 1.82) is 0 Å². The topological polar surface area (TPSA) is 9.23 Å². The van der Waals surface area contributed by atoms with E-state index < -0.39 is 0 Å². The maximum absolute atomic E-state index is 4.89. The Morgan fingerprint density at radius 1 is 1.17 bits per heavy atom. The SMILES string of the molecule is COc1cc[c-]cc1.[Br-].[Br-].[Cu+].[Mg+2]. The number of rotatable bonds is 1. The van der Waals surface area contributed by atoms with Gasteiger partial charge in [-0.2, -0.15) is 18.2 Å². The molecule has 1 aromatic carbocycles. The van der Waals surface area contributed by atoms with Crippen LogP contribution in [0.5, 0.6) is 5.75 Å². The van der Waals surface area contributed by atoms with E-state index in [0.717, 1.165) is 5.75 Å². The second-order valence-electron chi connectivity index (χ2n) is 1.44. The van der Waals surface area contributed by atoms with Crippen LogP contribution in [0.1, 0.15) is 0 Å². The summed E-state index contributed by atoms with van der Waals surface area (Å²) >= 11 is 0. The van der Waals surface area contributed by atoms with Gasteiger partial charge in [0.15, 0.2) is 0 Å². The molecule has 0 spiro atoms. The van der Waals surface area contributed by atoms with Gasteiger partial charge in [0.2, 0.25) is 0 Å². The van der Waals surface area contributed by atoms with Gasteiger partial charge >= 0.3 is 40.1 Å². The largest absolute Gasteiger partial charge is 2.00 e. The van der Waals surface area contributed by atoms with Gasteiger partial charge in [-0.25, -0.2) is 0 Å². The second kappa shape index (κ2) is 14.8. The first kappa shape index (κ1) is 23.2. The van der Waals surface area contributed by atoms with E-state index in [9.17, 15) is 0 Å². The first-order valence-electron chi connectivity index (χ1n) is 2.43. The summed E-state index contributed by atoms with van der Waals surface area (Å²) < 4.78 is 4.89. The zero-order chi connectivity index (χ0) is 5.82. The summed E-state index contributed by atoms with van der Waals surface area (Å²) in [6.45, 7) is 0. The predicted octanol–water partition coefficient (Wildman–Crippen LogP) is -4.88. The molecule has 0 heterocycles. The summed E-state index contributed by atoms with van der Waals surface area (Å²) in [5.74, 6) is 0.878. The average Bonchev–Trinajstić information content (AvgIpc) is 1.90. The van der Waals surface area contributed by atoms with Crippen LogP contribution in [0.4, 0.5) is 0 Å². The van der Waals surface area contributed by atoms with Crippen LogP contribution in [0.2, 0.25) is 0 Å². The van der Waals surface area contributed by atoms with Crippen LogP contribution >= 0.6 is 0 Å². The van der Waals surface area contributed by atoms with Crippen LogP contribution < -0.4 is 38.7 Å². The minimum Gasteiger partial charge on any atom is -1.00 e. The molecular formula is C7H7Br2CuMgO. The molecule has 68 valence electrons. The van der Waals surface area contributed by atoms with Crippen LogP contribution in [0.25, 0.3) is 0 Å². The van der Waals surface area contributed by atoms with Gasteiger partial charge in [0, 0.05) is 5.75 Å². The molecule has 5 heteroatoms. The fourth-order valence-corrected chi connectivity index (χ4v) is 0.508. The minimum absolute atomic E-state index is 0. The van der Waals surface area contributed by atoms with Crippen LogP contribution in [0.15, 0.2) is 24.3 Å². The van der Waals surface area contributed by atoms with Gasteiger partial charge in [-0.1, -0.05) is 0 Å². The Kier molecular flexibility index (Phi) is 28.6. The van der Waals surface area contributed by atoms with Gasteiger partial charge in [-0.3, -0.25) is 0 Å². The molecule has 0 bridgehead atoms. The van der Waals surface area contributed by atoms with Crippen molar-refractivity contribution >= 4 is 23.1 Å². The van der Waals surface area contributed by atoms with Gasteiger partial charge in [0.05, 0.1) is 7.11 Å². The molecule has 0 N–H and O–H groups in total. The number of ether oxygens (including phenoxy) is 1. The number of methoxy groups -OCH3 is 1. The third-order valence-electron chi connectivity index (χ3n) is 0.923. The molecule has 0 aliphatic carbocycles. The van der Waals surface area contributed by atoms with E-state index in [-0.39, 0.29) is 74.1 Å². The number of hydrogen-bond donors (Lipinski definition) is 0. The van der Waals surface area contributed by atoms with Crippen LogP contribution in [0.3, 0.4) is 0 Å². The third kappa shape index (κ3) is 9.35. The van der Waals surface area contributed by atoms with E-state index in [4.69, 9.17) is 4.74 Å². The first-order valence-corrected chi connectivity index (χ1v) is 2.43. The molecule has 0 atom stereocenters. The van der Waals surface area contributed by atoms with Crippen molar-refractivity contribution < 1.29 is 55.8 Å². The fourth-order valence-electron chi connectivity index (χ4n) is 0.508. The number of benzene rings is 1. The zero-order valence-corrected chi connectivity index (χ0v) is 12.0. The van der Waals surface area contributed by atoms with Crippen molar-refractivity contribution in [1.82, 2.24) is 0 Å². The molecule has 0 saturated heterocycles. The minimum atomic E-state index is 0. The summed E-state index contributed by atoms with van der Waals surface area (Å²) in [4.78, 5) is 0. The standard InChI is InChI=1S/C7H7O.2BrH.Cu.Mg/c1-8-7-5-3-2-4-6-7;;;;/h3-6H,1H3;2*1H;;/q-1;;;+1;+2/p-2. The molecule has 0 aliphatic heterocycles. The van der Waals surface area contributed by atoms with E-state index in [0.29, 0.717) is 0 Å². The summed E-state index contributed by atoms with van der Waals surface area (Å²) in [7, 11) is 1.65. The van der Waals surface area contributed by atoms with E-state index in [1.54, 1.807) is 7.11 Å². The average molecular weight is 355 g/mol. The Hall–Kier alpha value is 1.27. The summed E-state index contributed by atoms with van der Waals surface area (Å²) in [6, 6.07) is 10.2. The number of halogens is 2. The molecule has 0 unspecified atom stereocenters. The zero-order valence-electron chi connectivity index (χ0n) is 6.48. The number of hydrogen-bond acceptors (Lipinski definition) is 1. The van der Waals surface area contributed by atoms with E-state index >= 15 is 0 Å². The molecule has 1 nitrogen and oxygen atoms in total. The summed E-state index contributed by atoms with van der Waals surface area (Å²) in [5, 5.41) is 0. The van der Waals surface area contributed by atoms with Crippen molar-refractivity contribution in [2.24, 2.45) is 0 Å². The Balaban J connectivity index is -0.0000000800. The Labute approximate surface area is 121 Å². The molecular weight excluding hydrogens is 348 g/mol. The monoisotopic (exact) mass is 352 g/mol. The Morgan fingerprint density at radius 3 is 1.83 bits per heavy atom.